The zero-order chi connectivity index (χ0) is 16.1. The van der Waals surface area contributed by atoms with Crippen molar-refractivity contribution in [1.82, 2.24) is 10.2 Å². The van der Waals surface area contributed by atoms with Crippen molar-refractivity contribution in [2.24, 2.45) is 10.7 Å². The van der Waals surface area contributed by atoms with Gasteiger partial charge in [0.15, 0.2) is 5.69 Å². The zero-order valence-electron chi connectivity index (χ0n) is 13.7. The van der Waals surface area contributed by atoms with Gasteiger partial charge in [-0.2, -0.15) is 0 Å². The van der Waals surface area contributed by atoms with Crippen LogP contribution in [-0.4, -0.2) is 22.6 Å². The number of anilines is 1. The van der Waals surface area contributed by atoms with Crippen molar-refractivity contribution in [2.75, 3.05) is 12.3 Å². The molecule has 0 unspecified atom stereocenters. The molecule has 2 rings (SSSR count). The summed E-state index contributed by atoms with van der Waals surface area (Å²) in [6.07, 6.45) is 4.64. The number of unbranched alkanes of at least 4 members (excludes halogenated alkanes) is 3. The van der Waals surface area contributed by atoms with Crippen molar-refractivity contribution in [1.29, 1.82) is 0 Å². The van der Waals surface area contributed by atoms with E-state index in [9.17, 15) is 0 Å². The van der Waals surface area contributed by atoms with Gasteiger partial charge in [-0.1, -0.05) is 32.3 Å². The molecule has 5 heteroatoms. The molecule has 1 aromatic heterocycles. The molecule has 1 aromatic carbocycles. The van der Waals surface area contributed by atoms with E-state index in [2.05, 4.69) is 28.2 Å². The van der Waals surface area contributed by atoms with E-state index < -0.39 is 0 Å². The Kier molecular flexibility index (Phi) is 5.31. The molecule has 0 radical (unpaired) electrons. The lowest BCUT2D eigenvalue weighted by Crippen LogP contribution is -2.19. The molecule has 0 aliphatic carbocycles. The van der Waals surface area contributed by atoms with E-state index in [1.54, 1.807) is 0 Å². The van der Waals surface area contributed by atoms with Crippen LogP contribution in [0.1, 0.15) is 49.4 Å². The van der Waals surface area contributed by atoms with Gasteiger partial charge in [0.05, 0.1) is 11.2 Å². The molecule has 0 aliphatic rings. The number of fused-ring (bicyclic) bond motifs is 1. The molecular formula is C17H25N5. The van der Waals surface area contributed by atoms with E-state index in [0.29, 0.717) is 23.8 Å². The number of aromatic nitrogens is 2. The molecule has 118 valence electrons. The first kappa shape index (κ1) is 16.2. The van der Waals surface area contributed by atoms with Crippen LogP contribution in [-0.2, 0) is 0 Å². The molecule has 4 N–H and O–H groups in total. The van der Waals surface area contributed by atoms with E-state index in [4.69, 9.17) is 11.5 Å². The van der Waals surface area contributed by atoms with Crippen LogP contribution in [0.3, 0.4) is 0 Å². The Bertz CT molecular complexity index is 691. The first-order valence-electron chi connectivity index (χ1n) is 7.88. The van der Waals surface area contributed by atoms with Crippen molar-refractivity contribution in [3.63, 3.8) is 0 Å². The molecule has 0 saturated heterocycles. The van der Waals surface area contributed by atoms with Crippen LogP contribution in [0.25, 0.3) is 10.9 Å². The topological polar surface area (TPSA) is 90.2 Å². The average Bonchev–Trinajstić information content (AvgIpc) is 2.46. The van der Waals surface area contributed by atoms with E-state index in [0.717, 1.165) is 28.5 Å². The maximum atomic E-state index is 6.26. The van der Waals surface area contributed by atoms with E-state index >= 15 is 0 Å². The number of nitrogens with two attached hydrogens (primary N) is 2. The normalized spacial score (nSPS) is 12.0. The van der Waals surface area contributed by atoms with Gasteiger partial charge in [0, 0.05) is 11.9 Å². The summed E-state index contributed by atoms with van der Waals surface area (Å²) in [5.74, 6) is 0.378. The largest absolute Gasteiger partial charge is 0.396 e. The second kappa shape index (κ2) is 7.20. The van der Waals surface area contributed by atoms with Gasteiger partial charge >= 0.3 is 0 Å². The Balaban J connectivity index is 2.28. The van der Waals surface area contributed by atoms with Crippen molar-refractivity contribution in [3.05, 3.63) is 29.0 Å². The SMILES string of the molecule is CCCCCCN=C(N)c1nnc2cc(C)cc(C)c2c1N. The Morgan fingerprint density at radius 2 is 1.91 bits per heavy atom. The molecule has 5 nitrogen and oxygen atoms in total. The van der Waals surface area contributed by atoms with Gasteiger partial charge in [0.1, 0.15) is 5.84 Å². The molecule has 0 spiro atoms. The fourth-order valence-electron chi connectivity index (χ4n) is 2.65. The molecular weight excluding hydrogens is 274 g/mol. The van der Waals surface area contributed by atoms with E-state index in [1.807, 2.05) is 19.9 Å². The summed E-state index contributed by atoms with van der Waals surface area (Å²) in [6, 6.07) is 4.07. The summed E-state index contributed by atoms with van der Waals surface area (Å²) in [5, 5.41) is 9.34. The van der Waals surface area contributed by atoms with Crippen LogP contribution in [0.2, 0.25) is 0 Å². The number of benzene rings is 1. The summed E-state index contributed by atoms with van der Waals surface area (Å²) in [5.41, 5.74) is 16.4. The first-order chi connectivity index (χ1) is 10.5. The third kappa shape index (κ3) is 3.53. The Hall–Kier alpha value is -2.17. The number of aliphatic imine (C=N–C) groups is 1. The van der Waals surface area contributed by atoms with Crippen LogP contribution < -0.4 is 11.5 Å². The number of nitrogen functional groups attached to an aromatic ring is 1. The number of amidine groups is 1. The maximum Gasteiger partial charge on any atom is 0.151 e. The molecule has 0 bridgehead atoms. The van der Waals surface area contributed by atoms with Crippen LogP contribution in [0.4, 0.5) is 5.69 Å². The lowest BCUT2D eigenvalue weighted by Gasteiger charge is -2.10. The molecule has 22 heavy (non-hydrogen) atoms. The van der Waals surface area contributed by atoms with Crippen LogP contribution in [0.5, 0.6) is 0 Å². The predicted molar refractivity (Wildman–Crippen MR) is 93.2 cm³/mol. The third-order valence-electron chi connectivity index (χ3n) is 3.78. The van der Waals surface area contributed by atoms with Crippen LogP contribution in [0.15, 0.2) is 17.1 Å². The quantitative estimate of drug-likeness (QED) is 0.487. The molecule has 0 fully saturated rings. The highest BCUT2D eigenvalue weighted by Gasteiger charge is 2.13. The maximum absolute atomic E-state index is 6.26. The average molecular weight is 299 g/mol. The number of rotatable bonds is 6. The van der Waals surface area contributed by atoms with Crippen LogP contribution in [0, 0.1) is 13.8 Å². The summed E-state index contributed by atoms with van der Waals surface area (Å²) >= 11 is 0. The lowest BCUT2D eigenvalue weighted by atomic mass is 10.0. The fourth-order valence-corrected chi connectivity index (χ4v) is 2.65. The molecule has 0 aliphatic heterocycles. The number of nitrogens with zero attached hydrogens (tertiary/aromatic N) is 3. The van der Waals surface area contributed by atoms with Gasteiger partial charge in [0.25, 0.3) is 0 Å². The van der Waals surface area contributed by atoms with Gasteiger partial charge in [-0.3, -0.25) is 4.99 Å². The smallest absolute Gasteiger partial charge is 0.151 e. The first-order valence-corrected chi connectivity index (χ1v) is 7.88. The van der Waals surface area contributed by atoms with E-state index in [1.165, 1.54) is 19.3 Å². The van der Waals surface area contributed by atoms with Crippen molar-refractivity contribution >= 4 is 22.4 Å². The minimum Gasteiger partial charge on any atom is -0.396 e. The monoisotopic (exact) mass is 299 g/mol. The highest BCUT2D eigenvalue weighted by Crippen LogP contribution is 2.26. The standard InChI is InChI=1S/C17H25N5/c1-4-5-6-7-8-20-17(19)16-15(18)14-12(3)9-11(2)10-13(14)21-22-16/h9-10H,4-8H2,1-3H3,(H2,18,21)(H2,19,20). The number of aryl methyl sites for hydroxylation is 2. The summed E-state index contributed by atoms with van der Waals surface area (Å²) in [7, 11) is 0. The highest BCUT2D eigenvalue weighted by atomic mass is 15.1. The van der Waals surface area contributed by atoms with Crippen molar-refractivity contribution in [3.8, 4) is 0 Å². The Morgan fingerprint density at radius 3 is 2.64 bits per heavy atom. The van der Waals surface area contributed by atoms with Crippen molar-refractivity contribution < 1.29 is 0 Å². The molecule has 0 atom stereocenters. The highest BCUT2D eigenvalue weighted by molar-refractivity contribution is 6.07. The fraction of sp³-hybridized carbons (Fsp3) is 0.471. The van der Waals surface area contributed by atoms with Gasteiger partial charge < -0.3 is 11.5 Å². The molecule has 0 saturated carbocycles. The molecule has 2 aromatic rings. The van der Waals surface area contributed by atoms with Gasteiger partial charge in [-0.25, -0.2) is 0 Å². The van der Waals surface area contributed by atoms with E-state index in [-0.39, 0.29) is 0 Å². The Labute approximate surface area is 131 Å². The third-order valence-corrected chi connectivity index (χ3v) is 3.78. The van der Waals surface area contributed by atoms with Gasteiger partial charge in [0.2, 0.25) is 0 Å². The number of hydrogen-bond acceptors (Lipinski definition) is 4. The second-order valence-electron chi connectivity index (χ2n) is 5.77. The minimum absolute atomic E-state index is 0.378. The van der Waals surface area contributed by atoms with Gasteiger partial charge in [-0.05, 0) is 37.5 Å². The minimum atomic E-state index is 0.378. The second-order valence-corrected chi connectivity index (χ2v) is 5.77. The molecule has 0 amide bonds. The Morgan fingerprint density at radius 1 is 1.14 bits per heavy atom. The summed E-state index contributed by atoms with van der Waals surface area (Å²) in [6.45, 7) is 6.95. The van der Waals surface area contributed by atoms with Crippen LogP contribution >= 0.6 is 0 Å². The van der Waals surface area contributed by atoms with Gasteiger partial charge in [-0.15, -0.1) is 10.2 Å². The zero-order valence-corrected chi connectivity index (χ0v) is 13.7. The predicted octanol–water partition coefficient (Wildman–Crippen LogP) is 3.11. The summed E-state index contributed by atoms with van der Waals surface area (Å²) in [4.78, 5) is 4.39. The summed E-state index contributed by atoms with van der Waals surface area (Å²) < 4.78 is 0. The number of hydrogen-bond donors (Lipinski definition) is 2. The molecule has 1 heterocycles. The van der Waals surface area contributed by atoms with Crippen molar-refractivity contribution in [2.45, 2.75) is 46.5 Å². The lowest BCUT2D eigenvalue weighted by molar-refractivity contribution is 0.675.